The maximum Gasteiger partial charge on any atom is 0.317 e. The molecule has 1 saturated heterocycles. The molecule has 3 rings (SSSR count). The summed E-state index contributed by atoms with van der Waals surface area (Å²) in [5.41, 5.74) is 1.53. The molecular formula is C16H21N3O2. The molecule has 21 heavy (non-hydrogen) atoms. The molecule has 2 heterocycles. The van der Waals surface area contributed by atoms with Gasteiger partial charge >= 0.3 is 6.03 Å². The van der Waals surface area contributed by atoms with E-state index in [-0.39, 0.29) is 6.03 Å². The Morgan fingerprint density at radius 2 is 2.05 bits per heavy atom. The zero-order valence-corrected chi connectivity index (χ0v) is 12.5. The standard InChI is InChI=1S/C16H21N3O2/c1-11-7-12(2)10-19(9-11)16(20)17-8-14-13-5-3-4-6-15(13)21-18-14/h3-6,11-12H,7-10H2,1-2H3,(H,17,20). The summed E-state index contributed by atoms with van der Waals surface area (Å²) in [5.74, 6) is 1.12. The number of hydrogen-bond donors (Lipinski definition) is 1. The fourth-order valence-corrected chi connectivity index (χ4v) is 3.17. The smallest absolute Gasteiger partial charge is 0.317 e. The van der Waals surface area contributed by atoms with Crippen LogP contribution in [-0.2, 0) is 6.54 Å². The van der Waals surface area contributed by atoms with Gasteiger partial charge in [0.15, 0.2) is 5.58 Å². The Bertz CT molecular complexity index is 627. The highest BCUT2D eigenvalue weighted by atomic mass is 16.5. The summed E-state index contributed by atoms with van der Waals surface area (Å²) in [6.45, 7) is 6.45. The normalized spacial score (nSPS) is 22.5. The second-order valence-corrected chi connectivity index (χ2v) is 6.14. The molecule has 2 amide bonds. The molecule has 5 heteroatoms. The zero-order valence-electron chi connectivity index (χ0n) is 12.5. The van der Waals surface area contributed by atoms with Crippen LogP contribution in [0.3, 0.4) is 0 Å². The number of rotatable bonds is 2. The van der Waals surface area contributed by atoms with E-state index in [1.54, 1.807) is 0 Å². The number of benzene rings is 1. The van der Waals surface area contributed by atoms with Gasteiger partial charge in [-0.15, -0.1) is 0 Å². The lowest BCUT2D eigenvalue weighted by molar-refractivity contribution is 0.145. The fourth-order valence-electron chi connectivity index (χ4n) is 3.17. The van der Waals surface area contributed by atoms with Crippen molar-refractivity contribution >= 4 is 17.0 Å². The number of fused-ring (bicyclic) bond motifs is 1. The lowest BCUT2D eigenvalue weighted by atomic mass is 9.92. The third-order valence-corrected chi connectivity index (χ3v) is 4.02. The van der Waals surface area contributed by atoms with Crippen LogP contribution in [0.15, 0.2) is 28.8 Å². The summed E-state index contributed by atoms with van der Waals surface area (Å²) in [6, 6.07) is 7.67. The van der Waals surface area contributed by atoms with Crippen molar-refractivity contribution in [3.63, 3.8) is 0 Å². The van der Waals surface area contributed by atoms with Gasteiger partial charge in [0.05, 0.1) is 6.54 Å². The molecule has 0 bridgehead atoms. The first-order chi connectivity index (χ1) is 10.1. The topological polar surface area (TPSA) is 58.4 Å². The average molecular weight is 287 g/mol. The zero-order chi connectivity index (χ0) is 14.8. The molecule has 1 aliphatic heterocycles. The number of hydrogen-bond acceptors (Lipinski definition) is 3. The second kappa shape index (κ2) is 5.76. The maximum atomic E-state index is 12.3. The van der Waals surface area contributed by atoms with Crippen LogP contribution in [0.4, 0.5) is 4.79 Å². The second-order valence-electron chi connectivity index (χ2n) is 6.14. The molecule has 112 valence electrons. The summed E-state index contributed by atoms with van der Waals surface area (Å²) in [6.07, 6.45) is 1.19. The molecule has 0 aliphatic carbocycles. The van der Waals surface area contributed by atoms with E-state index in [1.807, 2.05) is 29.2 Å². The monoisotopic (exact) mass is 287 g/mol. The molecule has 2 aromatic rings. The van der Waals surface area contributed by atoms with Crippen molar-refractivity contribution in [2.75, 3.05) is 13.1 Å². The van der Waals surface area contributed by atoms with E-state index in [0.717, 1.165) is 29.8 Å². The largest absolute Gasteiger partial charge is 0.356 e. The van der Waals surface area contributed by atoms with Crippen molar-refractivity contribution in [2.45, 2.75) is 26.8 Å². The fraction of sp³-hybridized carbons (Fsp3) is 0.500. The molecule has 1 aliphatic rings. The van der Waals surface area contributed by atoms with Crippen LogP contribution < -0.4 is 5.32 Å². The van der Waals surface area contributed by atoms with Crippen molar-refractivity contribution in [2.24, 2.45) is 11.8 Å². The van der Waals surface area contributed by atoms with Crippen LogP contribution in [0.1, 0.15) is 26.0 Å². The quantitative estimate of drug-likeness (QED) is 0.923. The molecule has 0 saturated carbocycles. The van der Waals surface area contributed by atoms with Crippen LogP contribution in [0.5, 0.6) is 0 Å². The van der Waals surface area contributed by atoms with Crippen LogP contribution in [0.25, 0.3) is 11.0 Å². The van der Waals surface area contributed by atoms with Crippen molar-refractivity contribution in [3.8, 4) is 0 Å². The Hall–Kier alpha value is -2.04. The number of carbonyl (C=O) groups excluding carboxylic acids is 1. The lowest BCUT2D eigenvalue weighted by Crippen LogP contribution is -2.47. The highest BCUT2D eigenvalue weighted by molar-refractivity contribution is 5.80. The van der Waals surface area contributed by atoms with Crippen molar-refractivity contribution in [3.05, 3.63) is 30.0 Å². The van der Waals surface area contributed by atoms with E-state index >= 15 is 0 Å². The Morgan fingerprint density at radius 1 is 1.33 bits per heavy atom. The number of piperidine rings is 1. The van der Waals surface area contributed by atoms with Crippen molar-refractivity contribution in [1.29, 1.82) is 0 Å². The number of urea groups is 1. The first-order valence-electron chi connectivity index (χ1n) is 7.49. The number of nitrogens with one attached hydrogen (secondary N) is 1. The van der Waals surface area contributed by atoms with Gasteiger partial charge in [-0.25, -0.2) is 4.79 Å². The van der Waals surface area contributed by atoms with Gasteiger partial charge in [-0.3, -0.25) is 0 Å². The van der Waals surface area contributed by atoms with Crippen LogP contribution in [0, 0.1) is 11.8 Å². The van der Waals surface area contributed by atoms with Crippen molar-refractivity contribution < 1.29 is 9.32 Å². The average Bonchev–Trinajstić information content (AvgIpc) is 2.87. The Morgan fingerprint density at radius 3 is 2.81 bits per heavy atom. The molecule has 2 unspecified atom stereocenters. The van der Waals surface area contributed by atoms with Gasteiger partial charge in [0.25, 0.3) is 0 Å². The SMILES string of the molecule is CC1CC(C)CN(C(=O)NCc2noc3ccccc23)C1. The Balaban J connectivity index is 1.63. The maximum absolute atomic E-state index is 12.3. The summed E-state index contributed by atoms with van der Waals surface area (Å²) < 4.78 is 5.25. The molecule has 5 nitrogen and oxygen atoms in total. The van der Waals surface area contributed by atoms with E-state index in [4.69, 9.17) is 4.52 Å². The van der Waals surface area contributed by atoms with E-state index < -0.39 is 0 Å². The van der Waals surface area contributed by atoms with E-state index in [1.165, 1.54) is 6.42 Å². The predicted octanol–water partition coefficient (Wildman–Crippen LogP) is 3.02. The van der Waals surface area contributed by atoms with Crippen LogP contribution in [0.2, 0.25) is 0 Å². The number of likely N-dealkylation sites (tertiary alicyclic amines) is 1. The molecule has 0 radical (unpaired) electrons. The first kappa shape index (κ1) is 13.9. The molecule has 1 N–H and O–H groups in total. The van der Waals surface area contributed by atoms with Gasteiger partial charge < -0.3 is 14.7 Å². The van der Waals surface area contributed by atoms with E-state index in [2.05, 4.69) is 24.3 Å². The van der Waals surface area contributed by atoms with Gasteiger partial charge in [-0.1, -0.05) is 31.1 Å². The molecular weight excluding hydrogens is 266 g/mol. The highest BCUT2D eigenvalue weighted by Crippen LogP contribution is 2.21. The molecule has 0 spiro atoms. The third-order valence-electron chi connectivity index (χ3n) is 4.02. The predicted molar refractivity (Wildman–Crippen MR) is 80.8 cm³/mol. The number of aromatic nitrogens is 1. The first-order valence-corrected chi connectivity index (χ1v) is 7.49. The van der Waals surface area contributed by atoms with E-state index in [9.17, 15) is 4.79 Å². The minimum atomic E-state index is -0.0134. The Kier molecular flexibility index (Phi) is 3.82. The number of amides is 2. The van der Waals surface area contributed by atoms with Crippen LogP contribution in [-0.4, -0.2) is 29.2 Å². The summed E-state index contributed by atoms with van der Waals surface area (Å²) >= 11 is 0. The van der Waals surface area contributed by atoms with E-state index in [0.29, 0.717) is 18.4 Å². The minimum absolute atomic E-state index is 0.0134. The van der Waals surface area contributed by atoms with Gasteiger partial charge in [0.1, 0.15) is 5.69 Å². The summed E-state index contributed by atoms with van der Waals surface area (Å²) in [7, 11) is 0. The molecule has 1 aromatic carbocycles. The van der Waals surface area contributed by atoms with Crippen LogP contribution >= 0.6 is 0 Å². The third kappa shape index (κ3) is 3.01. The van der Waals surface area contributed by atoms with Gasteiger partial charge in [-0.2, -0.15) is 0 Å². The van der Waals surface area contributed by atoms with Gasteiger partial charge in [0, 0.05) is 18.5 Å². The molecule has 1 fully saturated rings. The molecule has 1 aromatic heterocycles. The van der Waals surface area contributed by atoms with Gasteiger partial charge in [-0.05, 0) is 30.4 Å². The lowest BCUT2D eigenvalue weighted by Gasteiger charge is -2.34. The molecule has 2 atom stereocenters. The van der Waals surface area contributed by atoms with Gasteiger partial charge in [0.2, 0.25) is 0 Å². The minimum Gasteiger partial charge on any atom is -0.356 e. The van der Waals surface area contributed by atoms with Crippen molar-refractivity contribution in [1.82, 2.24) is 15.4 Å². The highest BCUT2D eigenvalue weighted by Gasteiger charge is 2.25. The number of para-hydroxylation sites is 1. The summed E-state index contributed by atoms with van der Waals surface area (Å²) in [5, 5.41) is 7.94. The number of carbonyl (C=O) groups is 1. The Labute approximate surface area is 124 Å². The summed E-state index contributed by atoms with van der Waals surface area (Å²) in [4.78, 5) is 14.2. The number of nitrogens with zero attached hydrogens (tertiary/aromatic N) is 2.